The van der Waals surface area contributed by atoms with Gasteiger partial charge in [0, 0.05) is 37.0 Å². The van der Waals surface area contributed by atoms with Crippen molar-refractivity contribution in [2.24, 2.45) is 0 Å². The van der Waals surface area contributed by atoms with E-state index in [0.717, 1.165) is 17.4 Å². The highest BCUT2D eigenvalue weighted by Gasteiger charge is 2.12. The number of halogens is 1. The Morgan fingerprint density at radius 3 is 2.95 bits per heavy atom. The van der Waals surface area contributed by atoms with Crippen LogP contribution in [0, 0.1) is 0 Å². The fourth-order valence-corrected chi connectivity index (χ4v) is 1.87. The maximum Gasteiger partial charge on any atom is 0.255 e. The van der Waals surface area contributed by atoms with Crippen LogP contribution < -0.4 is 10.6 Å². The van der Waals surface area contributed by atoms with E-state index >= 15 is 0 Å². The minimum Gasteiger partial charge on any atom is -0.382 e. The Kier molecular flexibility index (Phi) is 7.43. The lowest BCUT2D eigenvalue weighted by molar-refractivity contribution is 0.0944. The number of pyridine rings is 1. The molecule has 5 nitrogen and oxygen atoms in total. The average Bonchev–Trinajstić information content (AvgIpc) is 2.40. The van der Waals surface area contributed by atoms with Crippen LogP contribution in [0.1, 0.15) is 30.6 Å². The number of aromatic nitrogens is 1. The van der Waals surface area contributed by atoms with Crippen molar-refractivity contribution in [3.05, 3.63) is 22.3 Å². The molecule has 0 atom stereocenters. The van der Waals surface area contributed by atoms with Gasteiger partial charge in [0.1, 0.15) is 5.82 Å². The molecule has 0 bridgehead atoms. The summed E-state index contributed by atoms with van der Waals surface area (Å²) in [5.41, 5.74) is 0.549. The zero-order valence-electron chi connectivity index (χ0n) is 11.3. The van der Waals surface area contributed by atoms with Gasteiger partial charge in [-0.15, -0.1) is 0 Å². The minimum atomic E-state index is -0.124. The number of anilines is 1. The molecule has 0 spiro atoms. The molecular formula is C13H20BrN3O2. The van der Waals surface area contributed by atoms with Gasteiger partial charge >= 0.3 is 0 Å². The molecule has 1 aromatic rings. The number of ether oxygens (including phenoxy) is 1. The van der Waals surface area contributed by atoms with Crippen molar-refractivity contribution in [2.75, 3.05) is 31.6 Å². The molecule has 0 unspecified atom stereocenters. The van der Waals surface area contributed by atoms with Crippen LogP contribution in [0.15, 0.2) is 16.7 Å². The van der Waals surface area contributed by atoms with E-state index in [1.165, 1.54) is 0 Å². The smallest absolute Gasteiger partial charge is 0.255 e. The van der Waals surface area contributed by atoms with Gasteiger partial charge in [-0.25, -0.2) is 4.98 Å². The van der Waals surface area contributed by atoms with Crippen LogP contribution in [0.2, 0.25) is 0 Å². The molecular weight excluding hydrogens is 310 g/mol. The van der Waals surface area contributed by atoms with Gasteiger partial charge in [0.25, 0.3) is 5.91 Å². The van der Waals surface area contributed by atoms with Gasteiger partial charge in [-0.2, -0.15) is 0 Å². The van der Waals surface area contributed by atoms with Crippen LogP contribution in [-0.2, 0) is 4.74 Å². The number of hydrogen-bond donors (Lipinski definition) is 2. The van der Waals surface area contributed by atoms with Crippen LogP contribution in [0.5, 0.6) is 0 Å². The van der Waals surface area contributed by atoms with Crippen LogP contribution in [0.4, 0.5) is 5.82 Å². The third kappa shape index (κ3) is 5.57. The van der Waals surface area contributed by atoms with Gasteiger partial charge in [-0.1, -0.05) is 0 Å². The minimum absolute atomic E-state index is 0.124. The van der Waals surface area contributed by atoms with Crippen molar-refractivity contribution >= 4 is 27.7 Å². The Labute approximate surface area is 122 Å². The van der Waals surface area contributed by atoms with Crippen molar-refractivity contribution in [2.45, 2.75) is 20.3 Å². The Balaban J connectivity index is 2.57. The highest BCUT2D eigenvalue weighted by molar-refractivity contribution is 9.10. The molecule has 1 aromatic heterocycles. The van der Waals surface area contributed by atoms with E-state index < -0.39 is 0 Å². The standard InChI is InChI=1S/C13H20BrN3O2/c1-3-15-12-11(8-10(14)9-17-12)13(18)16-6-5-7-19-4-2/h8-9H,3-7H2,1-2H3,(H,15,17)(H,16,18). The normalized spacial score (nSPS) is 10.3. The molecule has 0 aromatic carbocycles. The zero-order valence-corrected chi connectivity index (χ0v) is 12.9. The Morgan fingerprint density at radius 2 is 2.26 bits per heavy atom. The first-order valence-corrected chi connectivity index (χ1v) is 7.23. The second-order valence-corrected chi connectivity index (χ2v) is 4.80. The van der Waals surface area contributed by atoms with Crippen LogP contribution >= 0.6 is 15.9 Å². The molecule has 1 heterocycles. The van der Waals surface area contributed by atoms with Crippen LogP contribution in [-0.4, -0.2) is 37.2 Å². The fraction of sp³-hybridized carbons (Fsp3) is 0.538. The van der Waals surface area contributed by atoms with Gasteiger partial charge in [0.2, 0.25) is 0 Å². The van der Waals surface area contributed by atoms with Gasteiger partial charge in [0.15, 0.2) is 0 Å². The molecule has 0 aliphatic carbocycles. The highest BCUT2D eigenvalue weighted by Crippen LogP contribution is 2.17. The predicted molar refractivity (Wildman–Crippen MR) is 79.5 cm³/mol. The third-order valence-electron chi connectivity index (χ3n) is 2.40. The SMILES string of the molecule is CCNc1ncc(Br)cc1C(=O)NCCCOCC. The summed E-state index contributed by atoms with van der Waals surface area (Å²) in [5.74, 6) is 0.481. The molecule has 0 saturated carbocycles. The topological polar surface area (TPSA) is 63.2 Å². The summed E-state index contributed by atoms with van der Waals surface area (Å²) in [5, 5.41) is 5.94. The summed E-state index contributed by atoms with van der Waals surface area (Å²) in [6, 6.07) is 1.77. The average molecular weight is 330 g/mol. The lowest BCUT2D eigenvalue weighted by atomic mass is 10.2. The van der Waals surface area contributed by atoms with Gasteiger partial charge in [-0.05, 0) is 42.3 Å². The molecule has 0 radical (unpaired) electrons. The Hall–Kier alpha value is -1.14. The number of nitrogens with one attached hydrogen (secondary N) is 2. The number of amides is 1. The first-order chi connectivity index (χ1) is 9.19. The lowest BCUT2D eigenvalue weighted by Crippen LogP contribution is -2.26. The molecule has 0 saturated heterocycles. The second kappa shape index (κ2) is 8.87. The van der Waals surface area contributed by atoms with Gasteiger partial charge in [0.05, 0.1) is 5.56 Å². The molecule has 2 N–H and O–H groups in total. The van der Waals surface area contributed by atoms with E-state index in [2.05, 4.69) is 31.5 Å². The number of carbonyl (C=O) groups is 1. The maximum atomic E-state index is 12.1. The lowest BCUT2D eigenvalue weighted by Gasteiger charge is -2.10. The van der Waals surface area contributed by atoms with Crippen molar-refractivity contribution in [1.82, 2.24) is 10.3 Å². The van der Waals surface area contributed by atoms with E-state index in [1.54, 1.807) is 12.3 Å². The van der Waals surface area contributed by atoms with E-state index in [-0.39, 0.29) is 5.91 Å². The fourth-order valence-electron chi connectivity index (χ4n) is 1.54. The second-order valence-electron chi connectivity index (χ2n) is 3.89. The van der Waals surface area contributed by atoms with E-state index in [9.17, 15) is 4.79 Å². The molecule has 0 aliphatic rings. The van der Waals surface area contributed by atoms with E-state index in [1.807, 2.05) is 13.8 Å². The summed E-state index contributed by atoms with van der Waals surface area (Å²) >= 11 is 3.33. The first-order valence-electron chi connectivity index (χ1n) is 6.44. The summed E-state index contributed by atoms with van der Waals surface area (Å²) in [6.45, 7) is 6.60. The largest absolute Gasteiger partial charge is 0.382 e. The summed E-state index contributed by atoms with van der Waals surface area (Å²) in [6.07, 6.45) is 2.47. The number of hydrogen-bond acceptors (Lipinski definition) is 4. The molecule has 0 fully saturated rings. The summed E-state index contributed by atoms with van der Waals surface area (Å²) in [7, 11) is 0. The summed E-state index contributed by atoms with van der Waals surface area (Å²) in [4.78, 5) is 16.3. The van der Waals surface area contributed by atoms with Crippen LogP contribution in [0.3, 0.4) is 0 Å². The van der Waals surface area contributed by atoms with Crippen molar-refractivity contribution in [1.29, 1.82) is 0 Å². The number of rotatable bonds is 8. The van der Waals surface area contributed by atoms with Crippen molar-refractivity contribution in [3.8, 4) is 0 Å². The molecule has 106 valence electrons. The molecule has 6 heteroatoms. The molecule has 0 aliphatic heterocycles. The van der Waals surface area contributed by atoms with Crippen molar-refractivity contribution in [3.63, 3.8) is 0 Å². The number of carbonyl (C=O) groups excluding carboxylic acids is 1. The Bertz CT molecular complexity index is 413. The third-order valence-corrected chi connectivity index (χ3v) is 2.83. The molecule has 19 heavy (non-hydrogen) atoms. The van der Waals surface area contributed by atoms with Gasteiger partial charge in [-0.3, -0.25) is 4.79 Å². The predicted octanol–water partition coefficient (Wildman–Crippen LogP) is 2.43. The monoisotopic (exact) mass is 329 g/mol. The maximum absolute atomic E-state index is 12.1. The number of nitrogens with zero attached hydrogens (tertiary/aromatic N) is 1. The quantitative estimate of drug-likeness (QED) is 0.719. The molecule has 1 amide bonds. The van der Waals surface area contributed by atoms with E-state index in [0.29, 0.717) is 31.1 Å². The van der Waals surface area contributed by atoms with Crippen LogP contribution in [0.25, 0.3) is 0 Å². The summed E-state index contributed by atoms with van der Waals surface area (Å²) < 4.78 is 6.00. The first kappa shape index (κ1) is 15.9. The van der Waals surface area contributed by atoms with Gasteiger partial charge < -0.3 is 15.4 Å². The van der Waals surface area contributed by atoms with Crippen molar-refractivity contribution < 1.29 is 9.53 Å². The zero-order chi connectivity index (χ0) is 14.1. The Morgan fingerprint density at radius 1 is 1.47 bits per heavy atom. The molecule has 1 rings (SSSR count). The highest BCUT2D eigenvalue weighted by atomic mass is 79.9. The van der Waals surface area contributed by atoms with E-state index in [4.69, 9.17) is 4.74 Å².